The number of halogens is 4. The molecule has 0 aliphatic carbocycles. The standard InChI is InChI=1S/C19H18F3IN4O2/c20-12-5-4-11(17(16(12)22)25-14-6-3-10(23)8-13(14)21)18(28)27-9-19(29,26-27)15-2-1-7-24-15/h3-6,8,15,24-26,29H,1-2,7,9H2/t15?,19-/m1/s1. The minimum Gasteiger partial charge on any atom is -0.371 e. The summed E-state index contributed by atoms with van der Waals surface area (Å²) in [6.45, 7) is 0.765. The lowest BCUT2D eigenvalue weighted by Crippen LogP contribution is -2.78. The van der Waals surface area contributed by atoms with Crippen molar-refractivity contribution < 1.29 is 23.1 Å². The second-order valence-corrected chi connectivity index (χ2v) is 8.36. The largest absolute Gasteiger partial charge is 0.371 e. The molecular weight excluding hydrogens is 500 g/mol. The molecule has 4 rings (SSSR count). The molecule has 29 heavy (non-hydrogen) atoms. The zero-order chi connectivity index (χ0) is 20.8. The van der Waals surface area contributed by atoms with Crippen LogP contribution in [0.4, 0.5) is 24.5 Å². The molecule has 0 bridgehead atoms. The number of rotatable bonds is 4. The van der Waals surface area contributed by atoms with Gasteiger partial charge in [0, 0.05) is 3.57 Å². The number of hydrogen-bond acceptors (Lipinski definition) is 5. The zero-order valence-electron chi connectivity index (χ0n) is 15.1. The van der Waals surface area contributed by atoms with E-state index in [2.05, 4.69) is 16.1 Å². The third-order valence-electron chi connectivity index (χ3n) is 5.13. The summed E-state index contributed by atoms with van der Waals surface area (Å²) < 4.78 is 43.1. The second kappa shape index (κ2) is 7.74. The molecule has 0 radical (unpaired) electrons. The van der Waals surface area contributed by atoms with Gasteiger partial charge in [0.05, 0.1) is 29.5 Å². The van der Waals surface area contributed by atoms with Crippen LogP contribution in [-0.4, -0.2) is 40.9 Å². The SMILES string of the molecule is O=C(c1ccc(F)c(F)c1Nc1ccc(I)cc1F)N1C[C@@](O)(C2CCCN2)N1. The summed E-state index contributed by atoms with van der Waals surface area (Å²) in [4.78, 5) is 12.9. The summed E-state index contributed by atoms with van der Waals surface area (Å²) in [5, 5.41) is 17.3. The first-order valence-electron chi connectivity index (χ1n) is 9.04. The molecule has 0 spiro atoms. The first-order chi connectivity index (χ1) is 13.8. The Kier molecular flexibility index (Phi) is 5.44. The number of benzene rings is 2. The zero-order valence-corrected chi connectivity index (χ0v) is 17.3. The van der Waals surface area contributed by atoms with E-state index < -0.39 is 34.8 Å². The molecule has 10 heteroatoms. The molecule has 1 amide bonds. The van der Waals surface area contributed by atoms with Gasteiger partial charge in [-0.2, -0.15) is 5.43 Å². The molecule has 2 aromatic rings. The van der Waals surface area contributed by atoms with Crippen molar-refractivity contribution in [2.45, 2.75) is 24.6 Å². The number of hydrazine groups is 1. The highest BCUT2D eigenvalue weighted by Crippen LogP contribution is 2.32. The highest BCUT2D eigenvalue weighted by molar-refractivity contribution is 14.1. The van der Waals surface area contributed by atoms with Crippen molar-refractivity contribution in [2.24, 2.45) is 0 Å². The molecule has 0 aromatic heterocycles. The van der Waals surface area contributed by atoms with E-state index in [0.717, 1.165) is 36.5 Å². The molecule has 0 saturated carbocycles. The van der Waals surface area contributed by atoms with Crippen LogP contribution in [-0.2, 0) is 0 Å². The van der Waals surface area contributed by atoms with E-state index in [4.69, 9.17) is 0 Å². The maximum Gasteiger partial charge on any atom is 0.270 e. The fourth-order valence-corrected chi connectivity index (χ4v) is 4.04. The average Bonchev–Trinajstić information content (AvgIpc) is 3.19. The Bertz CT molecular complexity index is 963. The molecule has 2 aliphatic heterocycles. The average molecular weight is 518 g/mol. The Balaban J connectivity index is 1.59. The van der Waals surface area contributed by atoms with Crippen LogP contribution in [0.5, 0.6) is 0 Å². The van der Waals surface area contributed by atoms with Crippen molar-refractivity contribution in [1.82, 2.24) is 15.8 Å². The van der Waals surface area contributed by atoms with Crippen LogP contribution in [0.1, 0.15) is 23.2 Å². The lowest BCUT2D eigenvalue weighted by atomic mass is 9.98. The van der Waals surface area contributed by atoms with Gasteiger partial charge in [0.15, 0.2) is 17.4 Å². The molecular formula is C19H18F3IN4O2. The number of hydrogen-bond donors (Lipinski definition) is 4. The summed E-state index contributed by atoms with van der Waals surface area (Å²) in [5.41, 5.74) is 0.680. The molecule has 2 aliphatic rings. The number of carbonyl (C=O) groups is 1. The summed E-state index contributed by atoms with van der Waals surface area (Å²) in [7, 11) is 0. The molecule has 1 unspecified atom stereocenters. The van der Waals surface area contributed by atoms with Gasteiger partial charge in [0.25, 0.3) is 5.91 Å². The van der Waals surface area contributed by atoms with Crippen molar-refractivity contribution in [3.05, 3.63) is 56.9 Å². The molecule has 6 nitrogen and oxygen atoms in total. The second-order valence-electron chi connectivity index (χ2n) is 7.11. The van der Waals surface area contributed by atoms with Crippen LogP contribution in [0.25, 0.3) is 0 Å². The minimum atomic E-state index is -1.29. The van der Waals surface area contributed by atoms with Gasteiger partial charge in [-0.25, -0.2) is 13.2 Å². The minimum absolute atomic E-state index is 0.0141. The van der Waals surface area contributed by atoms with Crippen molar-refractivity contribution in [3.63, 3.8) is 0 Å². The number of anilines is 2. The van der Waals surface area contributed by atoms with E-state index >= 15 is 0 Å². The van der Waals surface area contributed by atoms with E-state index in [9.17, 15) is 23.1 Å². The molecule has 2 atom stereocenters. The van der Waals surface area contributed by atoms with Gasteiger partial charge in [-0.3, -0.25) is 9.80 Å². The number of β-amino-alcohol motifs (C(OH)–C–C–N with tert-alkyl or cyclic N) is 1. The van der Waals surface area contributed by atoms with Gasteiger partial charge >= 0.3 is 0 Å². The predicted octanol–water partition coefficient (Wildman–Crippen LogP) is 2.85. The van der Waals surface area contributed by atoms with Gasteiger partial charge in [0.2, 0.25) is 0 Å². The maximum absolute atomic E-state index is 14.5. The summed E-state index contributed by atoms with van der Waals surface area (Å²) in [6.07, 6.45) is 1.68. The van der Waals surface area contributed by atoms with Crippen LogP contribution < -0.4 is 16.1 Å². The number of nitrogens with zero attached hydrogens (tertiary/aromatic N) is 1. The van der Waals surface area contributed by atoms with Crippen LogP contribution in [0.3, 0.4) is 0 Å². The normalized spacial score (nSPS) is 23.8. The molecule has 2 aromatic carbocycles. The van der Waals surface area contributed by atoms with Crippen molar-refractivity contribution in [3.8, 4) is 0 Å². The Hall–Kier alpha value is -1.89. The Labute approximate surface area is 178 Å². The van der Waals surface area contributed by atoms with Gasteiger partial charge in [0.1, 0.15) is 5.82 Å². The molecule has 2 saturated heterocycles. The predicted molar refractivity (Wildman–Crippen MR) is 109 cm³/mol. The maximum atomic E-state index is 14.5. The van der Waals surface area contributed by atoms with E-state index in [1.54, 1.807) is 6.07 Å². The lowest BCUT2D eigenvalue weighted by molar-refractivity contribution is -0.166. The first-order valence-corrected chi connectivity index (χ1v) is 10.1. The van der Waals surface area contributed by atoms with Gasteiger partial charge in [-0.15, -0.1) is 0 Å². The summed E-state index contributed by atoms with van der Waals surface area (Å²) >= 11 is 1.92. The lowest BCUT2D eigenvalue weighted by Gasteiger charge is -2.50. The summed E-state index contributed by atoms with van der Waals surface area (Å²) in [6, 6.07) is 5.96. The van der Waals surface area contributed by atoms with Crippen molar-refractivity contribution in [2.75, 3.05) is 18.4 Å². The number of amides is 1. The number of aliphatic hydroxyl groups is 1. The van der Waals surface area contributed by atoms with Gasteiger partial charge < -0.3 is 15.7 Å². The monoisotopic (exact) mass is 518 g/mol. The van der Waals surface area contributed by atoms with Crippen LogP contribution in [0.2, 0.25) is 0 Å². The smallest absolute Gasteiger partial charge is 0.270 e. The fraction of sp³-hybridized carbons (Fsp3) is 0.316. The molecule has 154 valence electrons. The van der Waals surface area contributed by atoms with E-state index in [1.807, 2.05) is 22.6 Å². The highest BCUT2D eigenvalue weighted by Gasteiger charge is 2.50. The van der Waals surface area contributed by atoms with Gasteiger partial charge in [-0.05, 0) is 72.3 Å². The summed E-state index contributed by atoms with van der Waals surface area (Å²) in [5.74, 6) is -3.79. The highest BCUT2D eigenvalue weighted by atomic mass is 127. The van der Waals surface area contributed by atoms with Crippen LogP contribution in [0.15, 0.2) is 30.3 Å². The van der Waals surface area contributed by atoms with E-state index in [0.29, 0.717) is 3.57 Å². The molecule has 2 heterocycles. The van der Waals surface area contributed by atoms with Gasteiger partial charge in [-0.1, -0.05) is 0 Å². The molecule has 4 N–H and O–H groups in total. The number of carbonyl (C=O) groups excluding carboxylic acids is 1. The van der Waals surface area contributed by atoms with E-state index in [-0.39, 0.29) is 23.8 Å². The fourth-order valence-electron chi connectivity index (χ4n) is 3.58. The quantitative estimate of drug-likeness (QED) is 0.469. The molecule has 2 fully saturated rings. The Morgan fingerprint density at radius 3 is 2.66 bits per heavy atom. The van der Waals surface area contributed by atoms with Crippen LogP contribution in [0, 0.1) is 21.0 Å². The Morgan fingerprint density at radius 2 is 2.00 bits per heavy atom. The van der Waals surface area contributed by atoms with Crippen molar-refractivity contribution >= 4 is 39.9 Å². The third kappa shape index (κ3) is 3.81. The third-order valence-corrected chi connectivity index (χ3v) is 5.80. The topological polar surface area (TPSA) is 76.6 Å². The number of nitrogens with one attached hydrogen (secondary N) is 3. The van der Waals surface area contributed by atoms with E-state index in [1.165, 1.54) is 12.1 Å². The van der Waals surface area contributed by atoms with Crippen LogP contribution >= 0.6 is 22.6 Å². The van der Waals surface area contributed by atoms with Crippen molar-refractivity contribution in [1.29, 1.82) is 0 Å². The Morgan fingerprint density at radius 1 is 1.24 bits per heavy atom. The first kappa shape index (κ1) is 20.4.